The molecule has 4 heteroatoms. The molecule has 1 heterocycles. The molecule has 0 radical (unpaired) electrons. The molecule has 0 N–H and O–H groups in total. The molecule has 0 saturated carbocycles. The van der Waals surface area contributed by atoms with Gasteiger partial charge in [-0.15, -0.1) is 0 Å². The molecule has 1 atom stereocenters. The summed E-state index contributed by atoms with van der Waals surface area (Å²) in [6.07, 6.45) is -0.257. The molecular formula is C15H10ClFO2. The normalized spacial score (nSPS) is 17.8. The zero-order valence-corrected chi connectivity index (χ0v) is 10.7. The second kappa shape index (κ2) is 4.67. The number of para-hydroxylation sites is 1. The van der Waals surface area contributed by atoms with Gasteiger partial charge in [0.1, 0.15) is 17.7 Å². The van der Waals surface area contributed by atoms with E-state index in [1.807, 2.05) is 0 Å². The van der Waals surface area contributed by atoms with Crippen LogP contribution in [0.25, 0.3) is 0 Å². The van der Waals surface area contributed by atoms with Gasteiger partial charge in [0.15, 0.2) is 5.78 Å². The Hall–Kier alpha value is -1.87. The summed E-state index contributed by atoms with van der Waals surface area (Å²) in [5.74, 6) is 0.0374. The Morgan fingerprint density at radius 3 is 2.79 bits per heavy atom. The van der Waals surface area contributed by atoms with Crippen LogP contribution in [0, 0.1) is 5.82 Å². The highest BCUT2D eigenvalue weighted by atomic mass is 35.5. The van der Waals surface area contributed by atoms with Gasteiger partial charge in [0.2, 0.25) is 0 Å². The van der Waals surface area contributed by atoms with Gasteiger partial charge in [-0.25, -0.2) is 4.39 Å². The van der Waals surface area contributed by atoms with Gasteiger partial charge >= 0.3 is 0 Å². The number of Topliss-reactive ketones (excluding diaryl/α,β-unsaturated/α-hetero) is 1. The lowest BCUT2D eigenvalue weighted by atomic mass is 9.96. The Morgan fingerprint density at radius 2 is 2.00 bits per heavy atom. The monoisotopic (exact) mass is 276 g/mol. The molecule has 3 rings (SSSR count). The van der Waals surface area contributed by atoms with E-state index in [9.17, 15) is 9.18 Å². The standard InChI is InChI=1S/C15H10ClFO2/c16-11-6-5-9(7-12(11)17)15-8-13(18)10-3-1-2-4-14(10)19-15/h1-7,15H,8H2. The Morgan fingerprint density at radius 1 is 1.21 bits per heavy atom. The van der Waals surface area contributed by atoms with E-state index < -0.39 is 11.9 Å². The van der Waals surface area contributed by atoms with Crippen LogP contribution in [0.15, 0.2) is 42.5 Å². The largest absolute Gasteiger partial charge is 0.484 e. The first-order valence-corrected chi connectivity index (χ1v) is 6.27. The van der Waals surface area contributed by atoms with E-state index in [1.165, 1.54) is 12.1 Å². The van der Waals surface area contributed by atoms with Gasteiger partial charge in [-0.3, -0.25) is 4.79 Å². The Kier molecular flexibility index (Phi) is 2.99. The van der Waals surface area contributed by atoms with Crippen molar-refractivity contribution in [2.45, 2.75) is 12.5 Å². The van der Waals surface area contributed by atoms with Crippen LogP contribution >= 0.6 is 11.6 Å². The first kappa shape index (κ1) is 12.2. The predicted molar refractivity (Wildman–Crippen MR) is 70.2 cm³/mol. The molecule has 0 fully saturated rings. The van der Waals surface area contributed by atoms with Gasteiger partial charge in [0.05, 0.1) is 17.0 Å². The van der Waals surface area contributed by atoms with Crippen LogP contribution in [0.1, 0.15) is 28.4 Å². The number of ketones is 1. The molecular weight excluding hydrogens is 267 g/mol. The highest BCUT2D eigenvalue weighted by molar-refractivity contribution is 6.30. The number of carbonyl (C=O) groups is 1. The van der Waals surface area contributed by atoms with E-state index >= 15 is 0 Å². The Bertz CT molecular complexity index is 654. The van der Waals surface area contributed by atoms with Crippen molar-refractivity contribution in [2.24, 2.45) is 0 Å². The number of fused-ring (bicyclic) bond motifs is 1. The number of hydrogen-bond donors (Lipinski definition) is 0. The van der Waals surface area contributed by atoms with Crippen LogP contribution in [0.2, 0.25) is 5.02 Å². The van der Waals surface area contributed by atoms with Gasteiger partial charge in [0.25, 0.3) is 0 Å². The second-order valence-corrected chi connectivity index (χ2v) is 4.81. The van der Waals surface area contributed by atoms with E-state index in [1.54, 1.807) is 30.3 Å². The van der Waals surface area contributed by atoms with Crippen molar-refractivity contribution < 1.29 is 13.9 Å². The lowest BCUT2D eigenvalue weighted by Crippen LogP contribution is -2.20. The average Bonchev–Trinajstić information content (AvgIpc) is 2.42. The van der Waals surface area contributed by atoms with Crippen molar-refractivity contribution in [3.8, 4) is 5.75 Å². The van der Waals surface area contributed by atoms with Crippen LogP contribution < -0.4 is 4.74 Å². The first-order chi connectivity index (χ1) is 9.15. The number of ether oxygens (including phenoxy) is 1. The fourth-order valence-corrected chi connectivity index (χ4v) is 2.29. The van der Waals surface area contributed by atoms with E-state index in [-0.39, 0.29) is 17.2 Å². The van der Waals surface area contributed by atoms with Gasteiger partial charge in [-0.05, 0) is 29.8 Å². The van der Waals surface area contributed by atoms with Crippen LogP contribution in [0.4, 0.5) is 4.39 Å². The maximum atomic E-state index is 13.5. The van der Waals surface area contributed by atoms with Gasteiger partial charge in [0, 0.05) is 0 Å². The van der Waals surface area contributed by atoms with Crippen LogP contribution in [0.3, 0.4) is 0 Å². The molecule has 1 aliphatic rings. The fraction of sp³-hybridized carbons (Fsp3) is 0.133. The minimum absolute atomic E-state index is 0.00204. The zero-order chi connectivity index (χ0) is 13.4. The molecule has 2 aromatic carbocycles. The lowest BCUT2D eigenvalue weighted by molar-refractivity contribution is 0.0849. The third-order valence-electron chi connectivity index (χ3n) is 3.14. The molecule has 0 amide bonds. The summed E-state index contributed by atoms with van der Waals surface area (Å²) >= 11 is 5.65. The van der Waals surface area contributed by atoms with Crippen molar-refractivity contribution in [1.82, 2.24) is 0 Å². The molecule has 0 bridgehead atoms. The van der Waals surface area contributed by atoms with E-state index in [4.69, 9.17) is 16.3 Å². The van der Waals surface area contributed by atoms with Gasteiger partial charge < -0.3 is 4.74 Å². The minimum atomic E-state index is -0.505. The highest BCUT2D eigenvalue weighted by Crippen LogP contribution is 2.35. The second-order valence-electron chi connectivity index (χ2n) is 4.40. The lowest BCUT2D eigenvalue weighted by Gasteiger charge is -2.25. The van der Waals surface area contributed by atoms with Crippen molar-refractivity contribution in [1.29, 1.82) is 0 Å². The first-order valence-electron chi connectivity index (χ1n) is 5.89. The van der Waals surface area contributed by atoms with Crippen LogP contribution in [-0.2, 0) is 0 Å². The molecule has 0 saturated heterocycles. The summed E-state index contributed by atoms with van der Waals surface area (Å²) in [6.45, 7) is 0. The molecule has 0 aromatic heterocycles. The molecule has 0 spiro atoms. The van der Waals surface area contributed by atoms with Crippen molar-refractivity contribution in [3.63, 3.8) is 0 Å². The SMILES string of the molecule is O=C1CC(c2ccc(Cl)c(F)c2)Oc2ccccc21. The van der Waals surface area contributed by atoms with Gasteiger partial charge in [-0.2, -0.15) is 0 Å². The van der Waals surface area contributed by atoms with Crippen LogP contribution in [0.5, 0.6) is 5.75 Å². The smallest absolute Gasteiger partial charge is 0.170 e. The fourth-order valence-electron chi connectivity index (χ4n) is 2.17. The van der Waals surface area contributed by atoms with E-state index in [2.05, 4.69) is 0 Å². The number of hydrogen-bond acceptors (Lipinski definition) is 2. The van der Waals surface area contributed by atoms with Crippen molar-refractivity contribution >= 4 is 17.4 Å². The summed E-state index contributed by atoms with van der Waals surface area (Å²) in [5, 5.41) is 0.0614. The molecule has 1 unspecified atom stereocenters. The summed E-state index contributed by atoms with van der Waals surface area (Å²) in [6, 6.07) is 11.5. The third kappa shape index (κ3) is 2.22. The summed E-state index contributed by atoms with van der Waals surface area (Å²) < 4.78 is 19.2. The molecule has 96 valence electrons. The maximum absolute atomic E-state index is 13.5. The summed E-state index contributed by atoms with van der Waals surface area (Å²) in [5.41, 5.74) is 1.19. The number of rotatable bonds is 1. The van der Waals surface area contributed by atoms with Crippen molar-refractivity contribution in [2.75, 3.05) is 0 Å². The molecule has 2 nitrogen and oxygen atoms in total. The Labute approximate surface area is 114 Å². The maximum Gasteiger partial charge on any atom is 0.170 e. The summed E-state index contributed by atoms with van der Waals surface area (Å²) in [7, 11) is 0. The molecule has 19 heavy (non-hydrogen) atoms. The van der Waals surface area contributed by atoms with Crippen molar-refractivity contribution in [3.05, 3.63) is 64.4 Å². The summed E-state index contributed by atoms with van der Waals surface area (Å²) in [4.78, 5) is 12.0. The average molecular weight is 277 g/mol. The molecule has 0 aliphatic carbocycles. The van der Waals surface area contributed by atoms with Gasteiger partial charge in [-0.1, -0.05) is 29.8 Å². The van der Waals surface area contributed by atoms with Crippen LogP contribution in [-0.4, -0.2) is 5.78 Å². The quantitative estimate of drug-likeness (QED) is 0.781. The number of halogens is 2. The predicted octanol–water partition coefficient (Wildman–Crippen LogP) is 4.19. The zero-order valence-electron chi connectivity index (χ0n) is 9.90. The van der Waals surface area contributed by atoms with E-state index in [0.717, 1.165) is 0 Å². The highest BCUT2D eigenvalue weighted by Gasteiger charge is 2.27. The topological polar surface area (TPSA) is 26.3 Å². The molecule has 1 aliphatic heterocycles. The number of benzene rings is 2. The Balaban J connectivity index is 1.96. The third-order valence-corrected chi connectivity index (χ3v) is 3.45. The number of carbonyl (C=O) groups excluding carboxylic acids is 1. The van der Waals surface area contributed by atoms with E-state index in [0.29, 0.717) is 16.9 Å². The molecule has 2 aromatic rings. The minimum Gasteiger partial charge on any atom is -0.484 e.